The van der Waals surface area contributed by atoms with Gasteiger partial charge in [0.1, 0.15) is 10.8 Å². The first-order chi connectivity index (χ1) is 14.2. The quantitative estimate of drug-likeness (QED) is 0.551. The van der Waals surface area contributed by atoms with Crippen molar-refractivity contribution in [2.45, 2.75) is 19.1 Å². The second-order valence-corrected chi connectivity index (χ2v) is 7.27. The summed E-state index contributed by atoms with van der Waals surface area (Å²) in [6.45, 7) is 2.16. The Kier molecular flexibility index (Phi) is 4.93. The Balaban J connectivity index is 1.76. The van der Waals surface area contributed by atoms with E-state index in [9.17, 15) is 18.0 Å². The van der Waals surface area contributed by atoms with E-state index in [4.69, 9.17) is 16.3 Å². The van der Waals surface area contributed by atoms with Crippen LogP contribution in [0.1, 0.15) is 29.0 Å². The van der Waals surface area contributed by atoms with Crippen LogP contribution in [0.25, 0.3) is 11.1 Å². The maximum atomic E-state index is 13.3. The van der Waals surface area contributed by atoms with E-state index in [1.807, 2.05) is 6.92 Å². The molecular formula is C20H16ClF3N4O2. The fraction of sp³-hybridized carbons (Fsp3) is 0.250. The third-order valence-electron chi connectivity index (χ3n) is 4.90. The van der Waals surface area contributed by atoms with Gasteiger partial charge in [-0.15, -0.1) is 0 Å². The fourth-order valence-corrected chi connectivity index (χ4v) is 3.66. The number of benzene rings is 1. The molecule has 4 rings (SSSR count). The smallest absolute Gasteiger partial charge is 0.416 e. The summed E-state index contributed by atoms with van der Waals surface area (Å²) in [4.78, 5) is 18.8. The number of amides is 1. The van der Waals surface area contributed by atoms with Gasteiger partial charge in [0.05, 0.1) is 24.9 Å². The van der Waals surface area contributed by atoms with Crippen molar-refractivity contribution in [3.63, 3.8) is 0 Å². The molecule has 3 heterocycles. The molecule has 1 amide bonds. The molecule has 6 nitrogen and oxygen atoms in total. The van der Waals surface area contributed by atoms with Crippen LogP contribution in [0.5, 0.6) is 5.88 Å². The Morgan fingerprint density at radius 1 is 1.20 bits per heavy atom. The SMILES string of the molecule is COc1cc(-c2cnn3c2C(=O)N(c2ccc(C(F)(F)F)cc2)C[C@@H]3C)cc(Cl)n1. The Morgan fingerprint density at radius 2 is 1.90 bits per heavy atom. The number of anilines is 1. The molecule has 0 saturated heterocycles. The Labute approximate surface area is 174 Å². The van der Waals surface area contributed by atoms with Gasteiger partial charge in [0, 0.05) is 23.9 Å². The summed E-state index contributed by atoms with van der Waals surface area (Å²) in [5.74, 6) is -0.0828. The van der Waals surface area contributed by atoms with E-state index < -0.39 is 11.7 Å². The molecule has 0 spiro atoms. The van der Waals surface area contributed by atoms with Gasteiger partial charge in [0.2, 0.25) is 5.88 Å². The second kappa shape index (κ2) is 7.32. The molecular weight excluding hydrogens is 421 g/mol. The molecule has 1 aliphatic rings. The highest BCUT2D eigenvalue weighted by Gasteiger charge is 2.35. The topological polar surface area (TPSA) is 60.3 Å². The molecule has 0 N–H and O–H groups in total. The van der Waals surface area contributed by atoms with E-state index in [1.165, 1.54) is 24.1 Å². The largest absolute Gasteiger partial charge is 0.481 e. The predicted molar refractivity (Wildman–Crippen MR) is 105 cm³/mol. The zero-order chi connectivity index (χ0) is 21.6. The van der Waals surface area contributed by atoms with Crippen LogP contribution in [0.2, 0.25) is 5.15 Å². The lowest BCUT2D eigenvalue weighted by molar-refractivity contribution is -0.137. The minimum atomic E-state index is -4.44. The lowest BCUT2D eigenvalue weighted by Gasteiger charge is -2.32. The molecule has 0 saturated carbocycles. The first kappa shape index (κ1) is 20.2. The van der Waals surface area contributed by atoms with Crippen LogP contribution < -0.4 is 9.64 Å². The molecule has 10 heteroatoms. The van der Waals surface area contributed by atoms with Crippen molar-refractivity contribution in [2.24, 2.45) is 0 Å². The Morgan fingerprint density at radius 3 is 2.53 bits per heavy atom. The van der Waals surface area contributed by atoms with Crippen molar-refractivity contribution < 1.29 is 22.7 Å². The van der Waals surface area contributed by atoms with Crippen LogP contribution in [0, 0.1) is 0 Å². The molecule has 0 unspecified atom stereocenters. The molecule has 2 aromatic heterocycles. The molecule has 1 aliphatic heterocycles. The highest BCUT2D eigenvalue weighted by atomic mass is 35.5. The monoisotopic (exact) mass is 436 g/mol. The second-order valence-electron chi connectivity index (χ2n) is 6.88. The van der Waals surface area contributed by atoms with Crippen LogP contribution in [0.3, 0.4) is 0 Å². The van der Waals surface area contributed by atoms with Gasteiger partial charge in [-0.2, -0.15) is 18.3 Å². The molecule has 30 heavy (non-hydrogen) atoms. The van der Waals surface area contributed by atoms with Crippen molar-refractivity contribution in [3.05, 3.63) is 59.0 Å². The third kappa shape index (κ3) is 3.49. The lowest BCUT2D eigenvalue weighted by Crippen LogP contribution is -2.42. The van der Waals surface area contributed by atoms with E-state index >= 15 is 0 Å². The normalized spacial score (nSPS) is 16.5. The van der Waals surface area contributed by atoms with Crippen LogP contribution in [0.15, 0.2) is 42.6 Å². The van der Waals surface area contributed by atoms with Gasteiger partial charge in [-0.05, 0) is 42.8 Å². The minimum absolute atomic E-state index is 0.187. The number of methoxy groups -OCH3 is 1. The number of aromatic nitrogens is 3. The average molecular weight is 437 g/mol. The summed E-state index contributed by atoms with van der Waals surface area (Å²) in [6.07, 6.45) is -2.88. The molecule has 1 atom stereocenters. The van der Waals surface area contributed by atoms with Crippen LogP contribution in [0.4, 0.5) is 18.9 Å². The summed E-state index contributed by atoms with van der Waals surface area (Å²) in [7, 11) is 1.45. The minimum Gasteiger partial charge on any atom is -0.481 e. The number of rotatable bonds is 3. The van der Waals surface area contributed by atoms with Crippen LogP contribution >= 0.6 is 11.6 Å². The van der Waals surface area contributed by atoms with E-state index in [-0.39, 0.29) is 29.5 Å². The maximum Gasteiger partial charge on any atom is 0.416 e. The molecule has 0 aliphatic carbocycles. The number of hydrogen-bond donors (Lipinski definition) is 0. The van der Waals surface area contributed by atoms with Gasteiger partial charge in [-0.3, -0.25) is 9.48 Å². The van der Waals surface area contributed by atoms with Gasteiger partial charge in [0.25, 0.3) is 5.91 Å². The predicted octanol–water partition coefficient (Wildman–Crippen LogP) is 4.85. The number of fused-ring (bicyclic) bond motifs is 1. The van der Waals surface area contributed by atoms with Gasteiger partial charge in [0.15, 0.2) is 0 Å². The third-order valence-corrected chi connectivity index (χ3v) is 5.10. The molecule has 0 fully saturated rings. The number of halogens is 4. The number of pyridine rings is 1. The van der Waals surface area contributed by atoms with E-state index in [2.05, 4.69) is 10.1 Å². The molecule has 1 aromatic carbocycles. The Bertz CT molecular complexity index is 1110. The lowest BCUT2D eigenvalue weighted by atomic mass is 10.0. The number of hydrogen-bond acceptors (Lipinski definition) is 4. The zero-order valence-electron chi connectivity index (χ0n) is 15.9. The van der Waals surface area contributed by atoms with Crippen molar-refractivity contribution >= 4 is 23.2 Å². The van der Waals surface area contributed by atoms with E-state index in [1.54, 1.807) is 23.0 Å². The summed E-state index contributed by atoms with van der Waals surface area (Å²) >= 11 is 6.06. The van der Waals surface area contributed by atoms with Gasteiger partial charge in [-0.1, -0.05) is 11.6 Å². The van der Waals surface area contributed by atoms with Crippen molar-refractivity contribution in [3.8, 4) is 17.0 Å². The zero-order valence-corrected chi connectivity index (χ0v) is 16.7. The summed E-state index contributed by atoms with van der Waals surface area (Å²) in [5, 5.41) is 4.53. The molecule has 156 valence electrons. The first-order valence-electron chi connectivity index (χ1n) is 8.97. The van der Waals surface area contributed by atoms with E-state index in [0.29, 0.717) is 22.5 Å². The van der Waals surface area contributed by atoms with Gasteiger partial charge in [-0.25, -0.2) is 4.98 Å². The first-order valence-corrected chi connectivity index (χ1v) is 9.35. The highest BCUT2D eigenvalue weighted by Crippen LogP contribution is 2.36. The van der Waals surface area contributed by atoms with Gasteiger partial charge >= 0.3 is 6.18 Å². The number of ether oxygens (including phenoxy) is 1. The van der Waals surface area contributed by atoms with Crippen molar-refractivity contribution in [1.29, 1.82) is 0 Å². The fourth-order valence-electron chi connectivity index (χ4n) is 3.46. The summed E-state index contributed by atoms with van der Waals surface area (Å²) in [5.41, 5.74) is 1.06. The highest BCUT2D eigenvalue weighted by molar-refractivity contribution is 6.29. The van der Waals surface area contributed by atoms with Gasteiger partial charge < -0.3 is 9.64 Å². The molecule has 3 aromatic rings. The van der Waals surface area contributed by atoms with Crippen molar-refractivity contribution in [1.82, 2.24) is 14.8 Å². The summed E-state index contributed by atoms with van der Waals surface area (Å²) in [6, 6.07) is 7.57. The number of carbonyl (C=O) groups excluding carboxylic acids is 1. The van der Waals surface area contributed by atoms with Crippen molar-refractivity contribution in [2.75, 3.05) is 18.6 Å². The molecule has 0 bridgehead atoms. The van der Waals surface area contributed by atoms with Crippen LogP contribution in [-0.4, -0.2) is 34.3 Å². The maximum absolute atomic E-state index is 13.3. The number of alkyl halides is 3. The number of nitrogens with zero attached hydrogens (tertiary/aromatic N) is 4. The summed E-state index contributed by atoms with van der Waals surface area (Å²) < 4.78 is 45.4. The Hall–Kier alpha value is -3.07. The van der Waals surface area contributed by atoms with E-state index in [0.717, 1.165) is 12.1 Å². The molecule has 0 radical (unpaired) electrons. The van der Waals surface area contributed by atoms with Crippen LogP contribution in [-0.2, 0) is 6.18 Å². The average Bonchev–Trinajstić information content (AvgIpc) is 3.16. The number of carbonyl (C=O) groups is 1. The standard InChI is InChI=1S/C20H16ClF3N4O2/c1-11-10-27(14-5-3-13(4-6-14)20(22,23)24)19(29)18-15(9-25-28(11)18)12-7-16(21)26-17(8-12)30-2/h3-9,11H,10H2,1-2H3/t11-/m0/s1.